The molecule has 0 spiro atoms. The van der Waals surface area contributed by atoms with E-state index in [0.717, 1.165) is 68.0 Å². The second kappa shape index (κ2) is 8.85. The number of carbonyl (C=O) groups excluding carboxylic acids is 2. The lowest BCUT2D eigenvalue weighted by Crippen LogP contribution is -2.41. The van der Waals surface area contributed by atoms with Gasteiger partial charge in [-0.1, -0.05) is 6.42 Å². The minimum absolute atomic E-state index is 0.0934. The predicted molar refractivity (Wildman–Crippen MR) is 122 cm³/mol. The zero-order chi connectivity index (χ0) is 22.1. The number of ether oxygens (including phenoxy) is 1. The fourth-order valence-corrected chi connectivity index (χ4v) is 5.40. The SMILES string of the molecule is COC(=O)c1sccc1NC(=O)[C@H]1CCCN(c2ncnc3c2nc2n3CCCCC2)C1. The minimum Gasteiger partial charge on any atom is -0.465 e. The van der Waals surface area contributed by atoms with Gasteiger partial charge in [-0.15, -0.1) is 11.3 Å². The molecule has 2 aliphatic rings. The Morgan fingerprint density at radius 2 is 2.09 bits per heavy atom. The summed E-state index contributed by atoms with van der Waals surface area (Å²) in [6.07, 6.45) is 7.74. The summed E-state index contributed by atoms with van der Waals surface area (Å²) in [5.74, 6) is 1.14. The summed E-state index contributed by atoms with van der Waals surface area (Å²) in [6, 6.07) is 1.74. The molecule has 3 aromatic rings. The summed E-state index contributed by atoms with van der Waals surface area (Å²) in [5.41, 5.74) is 2.22. The number of aryl methyl sites for hydroxylation is 2. The molecule has 0 saturated carbocycles. The van der Waals surface area contributed by atoms with E-state index in [4.69, 9.17) is 9.72 Å². The maximum absolute atomic E-state index is 13.0. The zero-order valence-electron chi connectivity index (χ0n) is 18.0. The third kappa shape index (κ3) is 3.83. The molecule has 2 aliphatic heterocycles. The van der Waals surface area contributed by atoms with E-state index in [2.05, 4.69) is 24.8 Å². The second-order valence-corrected chi connectivity index (χ2v) is 9.21. The average molecular weight is 455 g/mol. The van der Waals surface area contributed by atoms with Crippen LogP contribution in [0.2, 0.25) is 0 Å². The Morgan fingerprint density at radius 3 is 2.97 bits per heavy atom. The average Bonchev–Trinajstić information content (AvgIpc) is 3.35. The number of fused-ring (bicyclic) bond motifs is 3. The normalized spacial score (nSPS) is 18.8. The number of rotatable bonds is 4. The van der Waals surface area contributed by atoms with Crippen molar-refractivity contribution in [1.82, 2.24) is 19.5 Å². The molecule has 1 N–H and O–H groups in total. The molecule has 5 rings (SSSR count). The molecule has 0 aromatic carbocycles. The summed E-state index contributed by atoms with van der Waals surface area (Å²) < 4.78 is 7.04. The third-order valence-electron chi connectivity index (χ3n) is 6.26. The molecule has 0 aliphatic carbocycles. The van der Waals surface area contributed by atoms with Crippen LogP contribution < -0.4 is 10.2 Å². The number of piperidine rings is 1. The fraction of sp³-hybridized carbons (Fsp3) is 0.500. The Morgan fingerprint density at radius 1 is 1.19 bits per heavy atom. The van der Waals surface area contributed by atoms with Gasteiger partial charge in [-0.3, -0.25) is 4.79 Å². The number of aromatic nitrogens is 4. The first-order valence-corrected chi connectivity index (χ1v) is 12.0. The number of thiophene rings is 1. The molecular formula is C22H26N6O3S. The van der Waals surface area contributed by atoms with Crippen LogP contribution in [0.3, 0.4) is 0 Å². The molecular weight excluding hydrogens is 428 g/mol. The molecule has 0 radical (unpaired) electrons. The summed E-state index contributed by atoms with van der Waals surface area (Å²) >= 11 is 1.26. The molecule has 1 amide bonds. The van der Waals surface area contributed by atoms with E-state index in [1.165, 1.54) is 24.9 Å². The molecule has 0 bridgehead atoms. The van der Waals surface area contributed by atoms with Gasteiger partial charge >= 0.3 is 5.97 Å². The van der Waals surface area contributed by atoms with Crippen molar-refractivity contribution >= 4 is 45.9 Å². The van der Waals surface area contributed by atoms with Crippen molar-refractivity contribution in [2.45, 2.75) is 45.1 Å². The zero-order valence-corrected chi connectivity index (χ0v) is 18.9. The van der Waals surface area contributed by atoms with Crippen LogP contribution in [0.1, 0.15) is 47.6 Å². The Labute approximate surface area is 189 Å². The maximum Gasteiger partial charge on any atom is 0.350 e. The summed E-state index contributed by atoms with van der Waals surface area (Å²) in [4.78, 5) is 41.5. The number of hydrogen-bond donors (Lipinski definition) is 1. The van der Waals surface area contributed by atoms with Gasteiger partial charge in [0.2, 0.25) is 5.91 Å². The maximum atomic E-state index is 13.0. The van der Waals surface area contributed by atoms with Crippen molar-refractivity contribution in [3.63, 3.8) is 0 Å². The summed E-state index contributed by atoms with van der Waals surface area (Å²) in [6.45, 7) is 2.32. The topological polar surface area (TPSA) is 102 Å². The van der Waals surface area contributed by atoms with Crippen LogP contribution in [-0.2, 0) is 22.5 Å². The number of methoxy groups -OCH3 is 1. The Bertz CT molecular complexity index is 1160. The van der Waals surface area contributed by atoms with Crippen LogP contribution in [-0.4, -0.2) is 51.6 Å². The molecule has 10 heteroatoms. The lowest BCUT2D eigenvalue weighted by molar-refractivity contribution is -0.120. The number of esters is 1. The summed E-state index contributed by atoms with van der Waals surface area (Å²) in [5, 5.41) is 4.70. The summed E-state index contributed by atoms with van der Waals surface area (Å²) in [7, 11) is 1.34. The number of nitrogens with zero attached hydrogens (tertiary/aromatic N) is 5. The highest BCUT2D eigenvalue weighted by Crippen LogP contribution is 2.30. The smallest absolute Gasteiger partial charge is 0.350 e. The van der Waals surface area contributed by atoms with Crippen molar-refractivity contribution in [2.24, 2.45) is 5.92 Å². The van der Waals surface area contributed by atoms with Gasteiger partial charge in [0.15, 0.2) is 17.0 Å². The van der Waals surface area contributed by atoms with Crippen LogP contribution in [0.15, 0.2) is 17.8 Å². The molecule has 1 fully saturated rings. The predicted octanol–water partition coefficient (Wildman–Crippen LogP) is 3.26. The third-order valence-corrected chi connectivity index (χ3v) is 7.15. The van der Waals surface area contributed by atoms with Crippen LogP contribution in [0.4, 0.5) is 11.5 Å². The molecule has 9 nitrogen and oxygen atoms in total. The number of nitrogens with one attached hydrogen (secondary N) is 1. The Hall–Kier alpha value is -3.01. The largest absolute Gasteiger partial charge is 0.465 e. The number of anilines is 2. The van der Waals surface area contributed by atoms with E-state index in [9.17, 15) is 9.59 Å². The molecule has 0 unspecified atom stereocenters. The second-order valence-electron chi connectivity index (χ2n) is 8.29. The Balaban J connectivity index is 1.36. The highest BCUT2D eigenvalue weighted by Gasteiger charge is 2.30. The molecule has 3 aromatic heterocycles. The quantitative estimate of drug-likeness (QED) is 0.604. The number of carbonyl (C=O) groups is 2. The van der Waals surface area contributed by atoms with Gasteiger partial charge < -0.3 is 19.5 Å². The van der Waals surface area contributed by atoms with Crippen LogP contribution >= 0.6 is 11.3 Å². The van der Waals surface area contributed by atoms with Crippen LogP contribution in [0, 0.1) is 5.92 Å². The van der Waals surface area contributed by atoms with Gasteiger partial charge in [0, 0.05) is 26.1 Å². The molecule has 168 valence electrons. The Kier molecular flexibility index (Phi) is 5.77. The van der Waals surface area contributed by atoms with E-state index in [-0.39, 0.29) is 11.8 Å². The molecule has 1 atom stereocenters. The van der Waals surface area contributed by atoms with Crippen molar-refractivity contribution in [1.29, 1.82) is 0 Å². The van der Waals surface area contributed by atoms with E-state index < -0.39 is 5.97 Å². The van der Waals surface area contributed by atoms with Gasteiger partial charge in [0.1, 0.15) is 17.0 Å². The lowest BCUT2D eigenvalue weighted by Gasteiger charge is -2.32. The lowest BCUT2D eigenvalue weighted by atomic mass is 9.97. The van der Waals surface area contributed by atoms with Crippen molar-refractivity contribution in [3.05, 3.63) is 28.5 Å². The fourth-order valence-electron chi connectivity index (χ4n) is 4.63. The van der Waals surface area contributed by atoms with Gasteiger partial charge in [0.25, 0.3) is 0 Å². The van der Waals surface area contributed by atoms with E-state index >= 15 is 0 Å². The van der Waals surface area contributed by atoms with E-state index in [1.807, 2.05) is 0 Å². The number of imidazole rings is 1. The molecule has 5 heterocycles. The first-order valence-electron chi connectivity index (χ1n) is 11.1. The molecule has 1 saturated heterocycles. The van der Waals surface area contributed by atoms with Crippen molar-refractivity contribution in [2.75, 3.05) is 30.4 Å². The first kappa shape index (κ1) is 20.9. The van der Waals surface area contributed by atoms with Crippen molar-refractivity contribution in [3.8, 4) is 0 Å². The van der Waals surface area contributed by atoms with Gasteiger partial charge in [0.05, 0.1) is 18.7 Å². The van der Waals surface area contributed by atoms with Crippen molar-refractivity contribution < 1.29 is 14.3 Å². The highest BCUT2D eigenvalue weighted by atomic mass is 32.1. The van der Waals surface area contributed by atoms with Crippen LogP contribution in [0.5, 0.6) is 0 Å². The minimum atomic E-state index is -0.441. The first-order chi connectivity index (χ1) is 15.7. The van der Waals surface area contributed by atoms with Gasteiger partial charge in [-0.2, -0.15) is 0 Å². The highest BCUT2D eigenvalue weighted by molar-refractivity contribution is 7.12. The van der Waals surface area contributed by atoms with E-state index in [0.29, 0.717) is 17.1 Å². The van der Waals surface area contributed by atoms with Gasteiger partial charge in [-0.05, 0) is 37.1 Å². The number of hydrogen-bond acceptors (Lipinski definition) is 8. The number of amides is 1. The standard InChI is InChI=1S/C22H26N6O3S/c1-31-22(30)18-15(8-11-32-18)25-21(29)14-6-5-9-27(12-14)19-17-20(24-13-23-19)28-10-4-2-3-7-16(28)26-17/h8,11,13-14H,2-7,9-10,12H2,1H3,(H,25,29)/t14-/m0/s1. The van der Waals surface area contributed by atoms with E-state index in [1.54, 1.807) is 17.8 Å². The molecule has 32 heavy (non-hydrogen) atoms. The van der Waals surface area contributed by atoms with Gasteiger partial charge in [-0.25, -0.2) is 19.7 Å². The monoisotopic (exact) mass is 454 g/mol. The van der Waals surface area contributed by atoms with Crippen LogP contribution in [0.25, 0.3) is 11.2 Å².